The van der Waals surface area contributed by atoms with Gasteiger partial charge in [-0.1, -0.05) is 6.92 Å². The van der Waals surface area contributed by atoms with Crippen LogP contribution < -0.4 is 20.7 Å². The van der Waals surface area contributed by atoms with Gasteiger partial charge in [0.25, 0.3) is 5.91 Å². The van der Waals surface area contributed by atoms with Crippen LogP contribution in [0.15, 0.2) is 30.6 Å². The number of halogens is 4. The van der Waals surface area contributed by atoms with Crippen molar-refractivity contribution in [2.75, 3.05) is 30.4 Å². The van der Waals surface area contributed by atoms with Crippen LogP contribution in [0.2, 0.25) is 0 Å². The predicted octanol–water partition coefficient (Wildman–Crippen LogP) is 4.16. The van der Waals surface area contributed by atoms with Crippen molar-refractivity contribution in [2.24, 2.45) is 11.7 Å². The lowest BCUT2D eigenvalue weighted by Crippen LogP contribution is -2.46. The maximum absolute atomic E-state index is 14.3. The van der Waals surface area contributed by atoms with Crippen molar-refractivity contribution in [1.82, 2.24) is 14.3 Å². The number of benzene rings is 1. The second kappa shape index (κ2) is 11.7. The van der Waals surface area contributed by atoms with Gasteiger partial charge in [0.05, 0.1) is 30.2 Å². The van der Waals surface area contributed by atoms with E-state index in [2.05, 4.69) is 31.5 Å². The van der Waals surface area contributed by atoms with Crippen molar-refractivity contribution >= 4 is 53.6 Å². The van der Waals surface area contributed by atoms with Crippen molar-refractivity contribution in [3.05, 3.63) is 47.2 Å². The van der Waals surface area contributed by atoms with Gasteiger partial charge in [0, 0.05) is 37.5 Å². The standard InChI is InChI=1S/C21H22F2N6O2S.2ClH/c1-11-5-12(24)10-29(9-11)17-3-4-25-8-16(17)26-20(30)21-27-19(28-32-21)18-14(22)6-13(31-2)7-15(18)23;;/h3-4,6-8,11-12H,5,9-10,24H2,1-2H3,(H,26,30);2*1H/t11-,12+;;/m1../s1. The fourth-order valence-corrected chi connectivity index (χ4v) is 4.40. The van der Waals surface area contributed by atoms with Crippen molar-refractivity contribution in [3.8, 4) is 17.1 Å². The van der Waals surface area contributed by atoms with Crippen LogP contribution in [0.5, 0.6) is 5.75 Å². The van der Waals surface area contributed by atoms with E-state index in [0.717, 1.165) is 42.3 Å². The lowest BCUT2D eigenvalue weighted by atomic mass is 9.96. The molecule has 3 N–H and O–H groups in total. The number of pyridine rings is 1. The van der Waals surface area contributed by atoms with Gasteiger partial charge in [-0.2, -0.15) is 4.37 Å². The molecule has 2 atom stereocenters. The van der Waals surface area contributed by atoms with Crippen LogP contribution in [-0.4, -0.2) is 46.5 Å². The van der Waals surface area contributed by atoms with E-state index in [-0.39, 0.29) is 47.4 Å². The molecule has 0 aliphatic carbocycles. The quantitative estimate of drug-likeness (QED) is 0.508. The smallest absolute Gasteiger partial charge is 0.286 e. The summed E-state index contributed by atoms with van der Waals surface area (Å²) in [5.74, 6) is -2.07. The monoisotopic (exact) mass is 532 g/mol. The first-order chi connectivity index (χ1) is 15.4. The number of aromatic nitrogens is 3. The van der Waals surface area contributed by atoms with Gasteiger partial charge in [-0.15, -0.1) is 24.8 Å². The Hall–Kier alpha value is -2.60. The maximum atomic E-state index is 14.3. The zero-order chi connectivity index (χ0) is 22.8. The van der Waals surface area contributed by atoms with Gasteiger partial charge in [-0.05, 0) is 29.9 Å². The average molecular weight is 533 g/mol. The molecule has 4 rings (SSSR count). The molecule has 0 saturated carbocycles. The number of piperidine rings is 1. The van der Waals surface area contributed by atoms with E-state index in [1.807, 2.05) is 6.07 Å². The molecule has 0 unspecified atom stereocenters. The number of anilines is 2. The molecule has 1 aromatic carbocycles. The van der Waals surface area contributed by atoms with Gasteiger partial charge >= 0.3 is 0 Å². The molecule has 3 heterocycles. The molecule has 1 amide bonds. The zero-order valence-corrected chi connectivity index (χ0v) is 20.8. The highest BCUT2D eigenvalue weighted by Gasteiger charge is 2.25. The Morgan fingerprint density at radius 3 is 2.62 bits per heavy atom. The van der Waals surface area contributed by atoms with Crippen molar-refractivity contribution < 1.29 is 18.3 Å². The molecular weight excluding hydrogens is 509 g/mol. The summed E-state index contributed by atoms with van der Waals surface area (Å²) in [7, 11) is 1.31. The molecule has 1 fully saturated rings. The summed E-state index contributed by atoms with van der Waals surface area (Å²) in [6, 6.07) is 3.92. The summed E-state index contributed by atoms with van der Waals surface area (Å²) in [5.41, 5.74) is 7.04. The number of rotatable bonds is 5. The molecule has 0 spiro atoms. The van der Waals surface area contributed by atoms with Gasteiger partial charge in [0.1, 0.15) is 17.4 Å². The van der Waals surface area contributed by atoms with E-state index in [1.54, 1.807) is 12.4 Å². The molecule has 1 aliphatic heterocycles. The molecule has 1 saturated heterocycles. The Bertz CT molecular complexity index is 1120. The van der Waals surface area contributed by atoms with Crippen molar-refractivity contribution in [1.29, 1.82) is 0 Å². The highest BCUT2D eigenvalue weighted by Crippen LogP contribution is 2.31. The lowest BCUT2D eigenvalue weighted by molar-refractivity contribution is 0.102. The fraction of sp³-hybridized carbons (Fsp3) is 0.333. The molecule has 0 radical (unpaired) electrons. The number of hydrogen-bond acceptors (Lipinski definition) is 8. The van der Waals surface area contributed by atoms with E-state index in [0.29, 0.717) is 18.2 Å². The fourth-order valence-electron chi connectivity index (χ4n) is 3.83. The number of nitrogens with one attached hydrogen (secondary N) is 1. The maximum Gasteiger partial charge on any atom is 0.286 e. The lowest BCUT2D eigenvalue weighted by Gasteiger charge is -2.37. The molecule has 184 valence electrons. The number of amides is 1. The van der Waals surface area contributed by atoms with Gasteiger partial charge in [-0.3, -0.25) is 9.78 Å². The second-order valence-electron chi connectivity index (χ2n) is 7.74. The van der Waals surface area contributed by atoms with Gasteiger partial charge in [0.2, 0.25) is 5.01 Å². The van der Waals surface area contributed by atoms with Crippen molar-refractivity contribution in [2.45, 2.75) is 19.4 Å². The first-order valence-corrected chi connectivity index (χ1v) is 10.8. The Labute approximate surface area is 211 Å². The van der Waals surface area contributed by atoms with Crippen LogP contribution >= 0.6 is 36.3 Å². The molecule has 2 aromatic heterocycles. The topological polar surface area (TPSA) is 106 Å². The number of nitrogens with two attached hydrogens (primary N) is 1. The van der Waals surface area contributed by atoms with Gasteiger partial charge in [-0.25, -0.2) is 13.8 Å². The molecule has 13 heteroatoms. The summed E-state index contributed by atoms with van der Waals surface area (Å²) in [6.45, 7) is 3.60. The number of carbonyl (C=O) groups is 1. The number of carbonyl (C=O) groups excluding carboxylic acids is 1. The highest BCUT2D eigenvalue weighted by molar-refractivity contribution is 7.08. The van der Waals surface area contributed by atoms with Crippen molar-refractivity contribution in [3.63, 3.8) is 0 Å². The van der Waals surface area contributed by atoms with Crippen LogP contribution in [0.25, 0.3) is 11.4 Å². The van der Waals surface area contributed by atoms with Crippen LogP contribution in [0.4, 0.5) is 20.2 Å². The Balaban J connectivity index is 0.00000204. The largest absolute Gasteiger partial charge is 0.497 e. The summed E-state index contributed by atoms with van der Waals surface area (Å²) >= 11 is 0.750. The minimum absolute atomic E-state index is 0. The third kappa shape index (κ3) is 5.90. The highest BCUT2D eigenvalue weighted by atomic mass is 35.5. The summed E-state index contributed by atoms with van der Waals surface area (Å²) in [4.78, 5) is 23.1. The summed E-state index contributed by atoms with van der Waals surface area (Å²) < 4.78 is 37.5. The van der Waals surface area contributed by atoms with E-state index >= 15 is 0 Å². The SMILES string of the molecule is COc1cc(F)c(-c2nsc(C(=O)Nc3cnccc3N3C[C@H](C)C[C@H](N)C3)n2)c(F)c1.Cl.Cl. The molecule has 0 bridgehead atoms. The molecule has 3 aromatic rings. The van der Waals surface area contributed by atoms with Crippen LogP contribution in [0, 0.1) is 17.6 Å². The van der Waals surface area contributed by atoms with E-state index in [4.69, 9.17) is 10.5 Å². The van der Waals surface area contributed by atoms with Crippen LogP contribution in [0.1, 0.15) is 23.1 Å². The summed E-state index contributed by atoms with van der Waals surface area (Å²) in [5, 5.41) is 2.75. The Morgan fingerprint density at radius 1 is 1.26 bits per heavy atom. The molecule has 34 heavy (non-hydrogen) atoms. The molecule has 1 aliphatic rings. The normalized spacial score (nSPS) is 17.4. The minimum atomic E-state index is -0.878. The minimum Gasteiger partial charge on any atom is -0.497 e. The first-order valence-electron chi connectivity index (χ1n) is 9.98. The van der Waals surface area contributed by atoms with Crippen LogP contribution in [0.3, 0.4) is 0 Å². The van der Waals surface area contributed by atoms with E-state index in [1.165, 1.54) is 7.11 Å². The summed E-state index contributed by atoms with van der Waals surface area (Å²) in [6.07, 6.45) is 4.13. The van der Waals surface area contributed by atoms with E-state index in [9.17, 15) is 13.6 Å². The third-order valence-electron chi connectivity index (χ3n) is 5.17. The van der Waals surface area contributed by atoms with Gasteiger partial charge < -0.3 is 20.7 Å². The zero-order valence-electron chi connectivity index (χ0n) is 18.3. The molecule has 8 nitrogen and oxygen atoms in total. The Kier molecular flexibility index (Phi) is 9.51. The van der Waals surface area contributed by atoms with Gasteiger partial charge in [0.15, 0.2) is 5.82 Å². The average Bonchev–Trinajstić information content (AvgIpc) is 3.22. The number of ether oxygens (including phenoxy) is 1. The molecular formula is C21H24Cl2F2N6O2S. The van der Waals surface area contributed by atoms with Crippen LogP contribution in [-0.2, 0) is 0 Å². The predicted molar refractivity (Wildman–Crippen MR) is 132 cm³/mol. The first kappa shape index (κ1) is 27.6. The number of hydrogen-bond donors (Lipinski definition) is 2. The number of nitrogens with zero attached hydrogens (tertiary/aromatic N) is 4. The Morgan fingerprint density at radius 2 is 1.97 bits per heavy atom. The number of methoxy groups -OCH3 is 1. The second-order valence-corrected chi connectivity index (χ2v) is 8.49. The third-order valence-corrected chi connectivity index (χ3v) is 5.89. The van der Waals surface area contributed by atoms with E-state index < -0.39 is 23.1 Å².